The molecule has 1 saturated heterocycles. The summed E-state index contributed by atoms with van der Waals surface area (Å²) in [6, 6.07) is -0.105. The fourth-order valence-corrected chi connectivity index (χ4v) is 2.41. The molecular weight excluding hydrogens is 260 g/mol. The summed E-state index contributed by atoms with van der Waals surface area (Å²) in [7, 11) is 1.77. The third kappa shape index (κ3) is 5.00. The lowest BCUT2D eigenvalue weighted by Crippen LogP contribution is -2.46. The van der Waals surface area contributed by atoms with Gasteiger partial charge in [0.1, 0.15) is 0 Å². The predicted octanol–water partition coefficient (Wildman–Crippen LogP) is 1.51. The van der Waals surface area contributed by atoms with E-state index in [-0.39, 0.29) is 12.6 Å². The average molecular weight is 286 g/mol. The number of carboxylic acid groups (broad SMARTS) is 1. The van der Waals surface area contributed by atoms with Gasteiger partial charge in [0.15, 0.2) is 0 Å². The summed E-state index contributed by atoms with van der Waals surface area (Å²) in [6.45, 7) is 6.42. The number of nitrogens with zero attached hydrogens (tertiary/aromatic N) is 2. The van der Waals surface area contributed by atoms with Crippen molar-refractivity contribution < 1.29 is 19.4 Å². The molecule has 116 valence electrons. The Morgan fingerprint density at radius 1 is 1.45 bits per heavy atom. The van der Waals surface area contributed by atoms with Crippen molar-refractivity contribution in [3.05, 3.63) is 0 Å². The van der Waals surface area contributed by atoms with Crippen LogP contribution in [0.4, 0.5) is 4.79 Å². The number of rotatable bonds is 6. The molecule has 0 aromatic heterocycles. The third-order valence-corrected chi connectivity index (χ3v) is 3.68. The van der Waals surface area contributed by atoms with Crippen molar-refractivity contribution >= 4 is 12.0 Å². The first-order valence-electron chi connectivity index (χ1n) is 7.26. The Labute approximate surface area is 120 Å². The molecule has 0 aromatic carbocycles. The molecule has 0 bridgehead atoms. The Bertz CT molecular complexity index is 329. The van der Waals surface area contributed by atoms with Crippen molar-refractivity contribution in [2.75, 3.05) is 39.9 Å². The Morgan fingerprint density at radius 3 is 2.65 bits per heavy atom. The molecule has 1 rings (SSSR count). The van der Waals surface area contributed by atoms with E-state index in [4.69, 9.17) is 9.84 Å². The van der Waals surface area contributed by atoms with E-state index in [0.717, 1.165) is 19.4 Å². The average Bonchev–Trinajstić information content (AvgIpc) is 2.44. The molecular formula is C14H26N2O4. The van der Waals surface area contributed by atoms with E-state index in [0.29, 0.717) is 25.6 Å². The minimum Gasteiger partial charge on any atom is -0.481 e. The number of hydrogen-bond acceptors (Lipinski definition) is 3. The number of urea groups is 1. The Morgan fingerprint density at radius 2 is 2.15 bits per heavy atom. The predicted molar refractivity (Wildman–Crippen MR) is 75.6 cm³/mol. The van der Waals surface area contributed by atoms with E-state index in [1.165, 1.54) is 0 Å². The van der Waals surface area contributed by atoms with Gasteiger partial charge in [-0.25, -0.2) is 4.79 Å². The Balaban J connectivity index is 2.49. The maximum absolute atomic E-state index is 12.3. The summed E-state index contributed by atoms with van der Waals surface area (Å²) < 4.78 is 5.42. The van der Waals surface area contributed by atoms with Crippen LogP contribution >= 0.6 is 0 Å². The van der Waals surface area contributed by atoms with Crippen LogP contribution in [0.25, 0.3) is 0 Å². The van der Waals surface area contributed by atoms with E-state index >= 15 is 0 Å². The van der Waals surface area contributed by atoms with Crippen molar-refractivity contribution in [3.63, 3.8) is 0 Å². The lowest BCUT2D eigenvalue weighted by atomic mass is 10.0. The number of carboxylic acids is 1. The number of carbonyl (C=O) groups is 2. The molecule has 1 heterocycles. The smallest absolute Gasteiger partial charge is 0.319 e. The fourth-order valence-electron chi connectivity index (χ4n) is 2.41. The van der Waals surface area contributed by atoms with Gasteiger partial charge in [0, 0.05) is 39.2 Å². The first kappa shape index (κ1) is 16.8. The van der Waals surface area contributed by atoms with E-state index in [9.17, 15) is 9.59 Å². The topological polar surface area (TPSA) is 70.1 Å². The molecule has 1 aliphatic heterocycles. The van der Waals surface area contributed by atoms with Crippen molar-refractivity contribution in [2.24, 2.45) is 11.8 Å². The van der Waals surface area contributed by atoms with E-state index in [1.807, 2.05) is 6.92 Å². The molecule has 2 unspecified atom stereocenters. The van der Waals surface area contributed by atoms with E-state index in [2.05, 4.69) is 0 Å². The lowest BCUT2D eigenvalue weighted by Gasteiger charge is -2.32. The zero-order valence-corrected chi connectivity index (χ0v) is 12.7. The van der Waals surface area contributed by atoms with Gasteiger partial charge in [-0.15, -0.1) is 0 Å². The van der Waals surface area contributed by atoms with Crippen LogP contribution < -0.4 is 0 Å². The molecule has 0 aromatic rings. The molecule has 0 radical (unpaired) electrons. The number of aliphatic carboxylic acids is 1. The minimum absolute atomic E-state index is 0.105. The molecule has 2 amide bonds. The first-order chi connectivity index (χ1) is 9.45. The van der Waals surface area contributed by atoms with Gasteiger partial charge in [0.05, 0.1) is 12.5 Å². The zero-order valence-electron chi connectivity index (χ0n) is 12.7. The van der Waals surface area contributed by atoms with Gasteiger partial charge in [-0.2, -0.15) is 0 Å². The molecule has 0 aliphatic carbocycles. The summed E-state index contributed by atoms with van der Waals surface area (Å²) >= 11 is 0. The highest BCUT2D eigenvalue weighted by Gasteiger charge is 2.24. The molecule has 20 heavy (non-hydrogen) atoms. The number of carbonyl (C=O) groups excluding carboxylic acids is 1. The molecule has 1 N–H and O–H groups in total. The molecule has 6 heteroatoms. The quantitative estimate of drug-likeness (QED) is 0.803. The van der Waals surface area contributed by atoms with Crippen LogP contribution in [-0.2, 0) is 9.53 Å². The standard InChI is InChI=1S/C14H26N2O4/c1-4-16(8-11(2)13(17)18)14(19)15(3)9-12-6-5-7-20-10-12/h11-12H,4-10H2,1-3H3,(H,17,18). The Hall–Kier alpha value is -1.30. The molecule has 1 fully saturated rings. The summed E-state index contributed by atoms with van der Waals surface area (Å²) in [5.41, 5.74) is 0. The van der Waals surface area contributed by atoms with Crippen LogP contribution in [0.2, 0.25) is 0 Å². The third-order valence-electron chi connectivity index (χ3n) is 3.68. The molecule has 0 saturated carbocycles. The summed E-state index contributed by atoms with van der Waals surface area (Å²) in [6.07, 6.45) is 2.12. The number of amides is 2. The van der Waals surface area contributed by atoms with Crippen LogP contribution in [0.5, 0.6) is 0 Å². The second-order valence-electron chi connectivity index (χ2n) is 5.52. The SMILES string of the molecule is CCN(CC(C)C(=O)O)C(=O)N(C)CC1CCCOC1. The maximum atomic E-state index is 12.3. The monoisotopic (exact) mass is 286 g/mol. The molecule has 2 atom stereocenters. The summed E-state index contributed by atoms with van der Waals surface area (Å²) in [4.78, 5) is 26.5. The number of hydrogen-bond donors (Lipinski definition) is 1. The highest BCUT2D eigenvalue weighted by atomic mass is 16.5. The summed E-state index contributed by atoms with van der Waals surface area (Å²) in [5, 5.41) is 8.94. The normalized spacial score (nSPS) is 20.2. The van der Waals surface area contributed by atoms with E-state index in [1.54, 1.807) is 23.8 Å². The van der Waals surface area contributed by atoms with Crippen LogP contribution in [0.1, 0.15) is 26.7 Å². The Kier molecular flexibility index (Phi) is 6.78. The van der Waals surface area contributed by atoms with Crippen molar-refractivity contribution in [2.45, 2.75) is 26.7 Å². The van der Waals surface area contributed by atoms with Crippen molar-refractivity contribution in [3.8, 4) is 0 Å². The van der Waals surface area contributed by atoms with Gasteiger partial charge in [0.2, 0.25) is 0 Å². The van der Waals surface area contributed by atoms with Crippen LogP contribution in [-0.4, -0.2) is 66.8 Å². The summed E-state index contributed by atoms with van der Waals surface area (Å²) in [5.74, 6) is -1.04. The van der Waals surface area contributed by atoms with E-state index < -0.39 is 11.9 Å². The van der Waals surface area contributed by atoms with Gasteiger partial charge in [-0.05, 0) is 19.8 Å². The van der Waals surface area contributed by atoms with Crippen LogP contribution in [0.15, 0.2) is 0 Å². The van der Waals surface area contributed by atoms with Crippen molar-refractivity contribution in [1.29, 1.82) is 0 Å². The van der Waals surface area contributed by atoms with Crippen molar-refractivity contribution in [1.82, 2.24) is 9.80 Å². The lowest BCUT2D eigenvalue weighted by molar-refractivity contribution is -0.141. The highest BCUT2D eigenvalue weighted by molar-refractivity contribution is 5.75. The van der Waals surface area contributed by atoms with Gasteiger partial charge in [-0.1, -0.05) is 6.92 Å². The maximum Gasteiger partial charge on any atom is 0.319 e. The highest BCUT2D eigenvalue weighted by Crippen LogP contribution is 2.15. The second kappa shape index (κ2) is 8.09. The number of ether oxygens (including phenoxy) is 1. The first-order valence-corrected chi connectivity index (χ1v) is 7.26. The molecule has 1 aliphatic rings. The van der Waals surface area contributed by atoms with Crippen LogP contribution in [0.3, 0.4) is 0 Å². The fraction of sp³-hybridized carbons (Fsp3) is 0.857. The van der Waals surface area contributed by atoms with Crippen LogP contribution in [0, 0.1) is 11.8 Å². The van der Waals surface area contributed by atoms with Gasteiger partial charge >= 0.3 is 12.0 Å². The van der Waals surface area contributed by atoms with Gasteiger partial charge in [0.25, 0.3) is 0 Å². The molecule has 6 nitrogen and oxygen atoms in total. The van der Waals surface area contributed by atoms with Gasteiger partial charge in [-0.3, -0.25) is 4.79 Å². The second-order valence-corrected chi connectivity index (χ2v) is 5.52. The van der Waals surface area contributed by atoms with Gasteiger partial charge < -0.3 is 19.6 Å². The zero-order chi connectivity index (χ0) is 15.1. The molecule has 0 spiro atoms. The largest absolute Gasteiger partial charge is 0.481 e. The minimum atomic E-state index is -0.875.